The lowest BCUT2D eigenvalue weighted by molar-refractivity contribution is 0.210. The summed E-state index contributed by atoms with van der Waals surface area (Å²) in [5, 5.41) is 0. The highest BCUT2D eigenvalue weighted by Gasteiger charge is 2.37. The van der Waals surface area contributed by atoms with Crippen molar-refractivity contribution in [2.75, 3.05) is 7.05 Å². The number of nitrogens with zero attached hydrogens (tertiary/aromatic N) is 1. The average Bonchev–Trinajstić information content (AvgIpc) is 2.81. The van der Waals surface area contributed by atoms with Crippen molar-refractivity contribution < 1.29 is 0 Å². The molecule has 3 heterocycles. The van der Waals surface area contributed by atoms with Crippen LogP contribution in [0.3, 0.4) is 0 Å². The maximum atomic E-state index is 2.63. The number of rotatable bonds is 0. The third-order valence-electron chi connectivity index (χ3n) is 6.13. The minimum Gasteiger partial charge on any atom is -0.300 e. The molecule has 2 aromatic rings. The van der Waals surface area contributed by atoms with Crippen molar-refractivity contribution in [3.63, 3.8) is 0 Å². The van der Waals surface area contributed by atoms with Crippen LogP contribution in [0.1, 0.15) is 42.4 Å². The molecule has 5 rings (SSSR count). The standard InChI is InChI=1S/C22H23NS/c1-23-17-10-11-18(23)13-16(12-17)22-19-7-3-2-6-15(19)14-24-21-9-5-4-8-20(21)22/h2-9,17-18H,10-14H2,1H3/b22-16-/t17-,18+/m0/s1. The smallest absolute Gasteiger partial charge is 0.0238 e. The van der Waals surface area contributed by atoms with E-state index in [1.807, 2.05) is 11.8 Å². The third kappa shape index (κ3) is 2.28. The van der Waals surface area contributed by atoms with E-state index in [9.17, 15) is 0 Å². The van der Waals surface area contributed by atoms with Gasteiger partial charge in [0, 0.05) is 22.7 Å². The molecule has 2 atom stereocenters. The molecule has 2 heteroatoms. The number of hydrogen-bond donors (Lipinski definition) is 0. The Balaban J connectivity index is 1.74. The minimum atomic E-state index is 0.751. The predicted octanol–water partition coefficient (Wildman–Crippen LogP) is 5.35. The maximum Gasteiger partial charge on any atom is 0.0238 e. The number of fused-ring (bicyclic) bond motifs is 4. The van der Waals surface area contributed by atoms with Gasteiger partial charge in [-0.3, -0.25) is 4.90 Å². The van der Waals surface area contributed by atoms with Gasteiger partial charge in [0.1, 0.15) is 0 Å². The zero-order chi connectivity index (χ0) is 16.1. The van der Waals surface area contributed by atoms with Crippen LogP contribution in [0.5, 0.6) is 0 Å². The van der Waals surface area contributed by atoms with Gasteiger partial charge in [-0.1, -0.05) is 48.0 Å². The molecule has 0 aliphatic carbocycles. The molecule has 122 valence electrons. The summed E-state index contributed by atoms with van der Waals surface area (Å²) in [6.45, 7) is 0. The van der Waals surface area contributed by atoms with E-state index < -0.39 is 0 Å². The Morgan fingerprint density at radius 1 is 0.875 bits per heavy atom. The van der Waals surface area contributed by atoms with Gasteiger partial charge in [0.25, 0.3) is 0 Å². The predicted molar refractivity (Wildman–Crippen MR) is 102 cm³/mol. The zero-order valence-electron chi connectivity index (χ0n) is 14.2. The molecule has 0 amide bonds. The van der Waals surface area contributed by atoms with Crippen LogP contribution in [-0.2, 0) is 5.75 Å². The lowest BCUT2D eigenvalue weighted by atomic mass is 9.84. The van der Waals surface area contributed by atoms with E-state index >= 15 is 0 Å². The largest absolute Gasteiger partial charge is 0.300 e. The van der Waals surface area contributed by atoms with Crippen molar-refractivity contribution in [1.82, 2.24) is 4.90 Å². The monoisotopic (exact) mass is 333 g/mol. The summed E-state index contributed by atoms with van der Waals surface area (Å²) in [7, 11) is 2.33. The lowest BCUT2D eigenvalue weighted by Crippen LogP contribution is -2.37. The van der Waals surface area contributed by atoms with Crippen molar-refractivity contribution in [2.24, 2.45) is 0 Å². The van der Waals surface area contributed by atoms with Gasteiger partial charge in [0.15, 0.2) is 0 Å². The first kappa shape index (κ1) is 14.8. The molecule has 1 nitrogen and oxygen atoms in total. The second kappa shape index (κ2) is 5.79. The van der Waals surface area contributed by atoms with Crippen molar-refractivity contribution in [2.45, 2.75) is 48.4 Å². The van der Waals surface area contributed by atoms with Crippen LogP contribution in [0.25, 0.3) is 5.57 Å². The molecule has 3 aliphatic heterocycles. The Kier molecular flexibility index (Phi) is 3.57. The summed E-state index contributed by atoms with van der Waals surface area (Å²) < 4.78 is 0. The molecule has 0 aromatic heterocycles. The molecule has 0 spiro atoms. The minimum absolute atomic E-state index is 0.751. The number of benzene rings is 2. The van der Waals surface area contributed by atoms with Gasteiger partial charge in [-0.15, -0.1) is 11.8 Å². The van der Waals surface area contributed by atoms with Gasteiger partial charge >= 0.3 is 0 Å². The van der Waals surface area contributed by atoms with Gasteiger partial charge in [-0.05, 0) is 61.1 Å². The Morgan fingerprint density at radius 2 is 1.54 bits per heavy atom. The molecule has 24 heavy (non-hydrogen) atoms. The first-order valence-electron chi connectivity index (χ1n) is 9.05. The molecule has 0 N–H and O–H groups in total. The van der Waals surface area contributed by atoms with Crippen molar-refractivity contribution in [3.8, 4) is 0 Å². The first-order chi connectivity index (χ1) is 11.8. The van der Waals surface area contributed by atoms with E-state index in [2.05, 4.69) is 60.5 Å². The highest BCUT2D eigenvalue weighted by molar-refractivity contribution is 7.98. The van der Waals surface area contributed by atoms with Gasteiger partial charge in [-0.2, -0.15) is 0 Å². The Labute approximate surface area is 148 Å². The molecule has 2 saturated heterocycles. The topological polar surface area (TPSA) is 3.24 Å². The molecule has 2 aromatic carbocycles. The first-order valence-corrected chi connectivity index (χ1v) is 10.0. The molecule has 3 aliphatic rings. The normalized spacial score (nSPS) is 29.0. The van der Waals surface area contributed by atoms with Gasteiger partial charge < -0.3 is 0 Å². The molecular formula is C22H23NS. The van der Waals surface area contributed by atoms with E-state index in [0.717, 1.165) is 17.8 Å². The van der Waals surface area contributed by atoms with Gasteiger partial charge in [-0.25, -0.2) is 0 Å². The highest BCUT2D eigenvalue weighted by Crippen LogP contribution is 2.46. The van der Waals surface area contributed by atoms with Crippen LogP contribution in [0.4, 0.5) is 0 Å². The van der Waals surface area contributed by atoms with Crippen LogP contribution >= 0.6 is 11.8 Å². The fraction of sp³-hybridized carbons (Fsp3) is 0.364. The summed E-state index contributed by atoms with van der Waals surface area (Å²) in [5.74, 6) is 1.08. The van der Waals surface area contributed by atoms with Crippen LogP contribution in [0, 0.1) is 0 Å². The summed E-state index contributed by atoms with van der Waals surface area (Å²) in [6.07, 6.45) is 5.23. The summed E-state index contributed by atoms with van der Waals surface area (Å²) in [4.78, 5) is 4.08. The Hall–Kier alpha value is -1.51. The van der Waals surface area contributed by atoms with E-state index in [1.165, 1.54) is 47.3 Å². The van der Waals surface area contributed by atoms with Crippen molar-refractivity contribution in [1.29, 1.82) is 0 Å². The van der Waals surface area contributed by atoms with Crippen LogP contribution in [0.2, 0.25) is 0 Å². The Bertz CT molecular complexity index is 757. The second-order valence-electron chi connectivity index (χ2n) is 7.38. The van der Waals surface area contributed by atoms with E-state index in [-0.39, 0.29) is 0 Å². The summed E-state index contributed by atoms with van der Waals surface area (Å²) in [5.41, 5.74) is 7.69. The zero-order valence-corrected chi connectivity index (χ0v) is 15.0. The second-order valence-corrected chi connectivity index (χ2v) is 8.40. The fourth-order valence-electron chi connectivity index (χ4n) is 4.81. The Morgan fingerprint density at radius 3 is 2.33 bits per heavy atom. The number of hydrogen-bond acceptors (Lipinski definition) is 2. The van der Waals surface area contributed by atoms with E-state index in [0.29, 0.717) is 0 Å². The fourth-order valence-corrected chi connectivity index (χ4v) is 5.87. The van der Waals surface area contributed by atoms with Crippen molar-refractivity contribution >= 4 is 17.3 Å². The van der Waals surface area contributed by atoms with Gasteiger partial charge in [0.2, 0.25) is 0 Å². The molecular weight excluding hydrogens is 310 g/mol. The molecule has 0 unspecified atom stereocenters. The quantitative estimate of drug-likeness (QED) is 0.639. The van der Waals surface area contributed by atoms with E-state index in [1.54, 1.807) is 11.1 Å². The van der Waals surface area contributed by atoms with Crippen LogP contribution in [-0.4, -0.2) is 24.0 Å². The summed E-state index contributed by atoms with van der Waals surface area (Å²) >= 11 is 1.99. The number of thioether (sulfide) groups is 1. The number of piperidine rings is 1. The van der Waals surface area contributed by atoms with Gasteiger partial charge in [0.05, 0.1) is 0 Å². The molecule has 2 bridgehead atoms. The third-order valence-corrected chi connectivity index (χ3v) is 7.25. The molecule has 0 radical (unpaired) electrons. The lowest BCUT2D eigenvalue weighted by Gasteiger charge is -2.34. The van der Waals surface area contributed by atoms with Crippen molar-refractivity contribution in [3.05, 3.63) is 70.8 Å². The SMILES string of the molecule is CN1[C@@H]2CC[C@H]1C/C(=C1\c3ccccc3CSc3ccccc31)C2. The molecule has 0 saturated carbocycles. The summed E-state index contributed by atoms with van der Waals surface area (Å²) in [6, 6.07) is 19.6. The maximum absolute atomic E-state index is 2.63. The van der Waals surface area contributed by atoms with Crippen LogP contribution < -0.4 is 0 Å². The molecule has 2 fully saturated rings. The average molecular weight is 334 g/mol. The van der Waals surface area contributed by atoms with E-state index in [4.69, 9.17) is 0 Å². The highest BCUT2D eigenvalue weighted by atomic mass is 32.2. The van der Waals surface area contributed by atoms with Crippen LogP contribution in [0.15, 0.2) is 59.0 Å².